The third kappa shape index (κ3) is 8.60. The maximum absolute atomic E-state index is 12.4. The summed E-state index contributed by atoms with van der Waals surface area (Å²) in [5, 5.41) is 2.75. The monoisotopic (exact) mass is 777 g/mol. The van der Waals surface area contributed by atoms with Crippen LogP contribution in [0.1, 0.15) is 64.5 Å². The molecule has 272 valence electrons. The molecule has 13 nitrogen and oxygen atoms in total. The molecule has 0 saturated heterocycles. The number of amides is 3. The zero-order chi connectivity index (χ0) is 37.5. The summed E-state index contributed by atoms with van der Waals surface area (Å²) in [7, 11) is -7.20. The van der Waals surface area contributed by atoms with Crippen molar-refractivity contribution >= 4 is 55.0 Å². The Hall–Kier alpha value is -2.80. The van der Waals surface area contributed by atoms with E-state index in [0.717, 1.165) is 39.7 Å². The van der Waals surface area contributed by atoms with Crippen LogP contribution < -0.4 is 61.6 Å². The molecule has 2 aromatic rings. The fourth-order valence-corrected chi connectivity index (χ4v) is 8.04. The van der Waals surface area contributed by atoms with Crippen LogP contribution in [0.3, 0.4) is 0 Å². The van der Waals surface area contributed by atoms with Crippen molar-refractivity contribution < 1.29 is 96.3 Å². The Morgan fingerprint density at radius 2 is 1.52 bits per heavy atom. The predicted molar refractivity (Wildman–Crippen MR) is 189 cm³/mol. The molecule has 5 rings (SSSR count). The van der Waals surface area contributed by atoms with Crippen molar-refractivity contribution in [1.29, 1.82) is 0 Å². The van der Waals surface area contributed by atoms with Gasteiger partial charge in [0.15, 0.2) is 5.71 Å². The van der Waals surface area contributed by atoms with Crippen LogP contribution in [0.15, 0.2) is 82.3 Å². The van der Waals surface area contributed by atoms with E-state index in [4.69, 9.17) is 0 Å². The zero-order valence-corrected chi connectivity index (χ0v) is 34.9. The number of fused-ring (bicyclic) bond motifs is 2. The van der Waals surface area contributed by atoms with Gasteiger partial charge in [0.25, 0.3) is 21.9 Å². The van der Waals surface area contributed by atoms with E-state index in [9.17, 15) is 40.3 Å². The molecule has 52 heavy (non-hydrogen) atoms. The smallest absolute Gasteiger partial charge is 0.744 e. The van der Waals surface area contributed by atoms with E-state index >= 15 is 0 Å². The minimum atomic E-state index is -4.63. The third-order valence-electron chi connectivity index (χ3n) is 9.81. The summed E-state index contributed by atoms with van der Waals surface area (Å²) >= 11 is 0. The average molecular weight is 778 g/mol. The van der Waals surface area contributed by atoms with Gasteiger partial charge in [-0.05, 0) is 68.7 Å². The molecule has 0 fully saturated rings. The van der Waals surface area contributed by atoms with Gasteiger partial charge in [0.2, 0.25) is 11.6 Å². The van der Waals surface area contributed by atoms with E-state index in [2.05, 4.69) is 10.2 Å². The number of nitrogens with zero attached hydrogens (tertiary/aromatic N) is 3. The molecule has 0 spiro atoms. The molecule has 2 N–H and O–H groups in total. The quantitative estimate of drug-likeness (QED) is 0.0965. The number of allylic oxidation sites excluding steroid dienone is 4. The number of carbonyl (C=O) groups is 3. The van der Waals surface area contributed by atoms with Gasteiger partial charge in [0.05, 0.1) is 15.2 Å². The second kappa shape index (κ2) is 15.9. The Bertz CT molecular complexity index is 2140. The van der Waals surface area contributed by atoms with Gasteiger partial charge in [0, 0.05) is 72.7 Å². The van der Waals surface area contributed by atoms with Gasteiger partial charge >= 0.3 is 51.4 Å². The van der Waals surface area contributed by atoms with Gasteiger partial charge in [-0.3, -0.25) is 23.8 Å². The molecule has 0 saturated carbocycles. The van der Waals surface area contributed by atoms with E-state index in [0.29, 0.717) is 24.9 Å². The minimum Gasteiger partial charge on any atom is -0.744 e. The molecule has 16 heteroatoms. The second-order valence-electron chi connectivity index (χ2n) is 13.9. The topological polar surface area (TPSA) is 184 Å². The fraction of sp³-hybridized carbons (Fsp3) is 0.389. The Labute approximate surface area is 347 Å². The van der Waals surface area contributed by atoms with Gasteiger partial charge in [-0.2, -0.15) is 13.0 Å². The number of carbonyl (C=O) groups excluding carboxylic acids is 3. The molecule has 0 radical (unpaired) electrons. The summed E-state index contributed by atoms with van der Waals surface area (Å²) in [5.41, 5.74) is 3.51. The van der Waals surface area contributed by atoms with Gasteiger partial charge in [-0.15, -0.1) is 0 Å². The van der Waals surface area contributed by atoms with Crippen LogP contribution >= 0.6 is 0 Å². The predicted octanol–water partition coefficient (Wildman–Crippen LogP) is 0.687. The third-order valence-corrected chi connectivity index (χ3v) is 11.5. The first-order chi connectivity index (χ1) is 23.7. The van der Waals surface area contributed by atoms with Gasteiger partial charge in [-0.25, -0.2) is 8.42 Å². The van der Waals surface area contributed by atoms with E-state index in [1.807, 2.05) is 57.5 Å². The van der Waals surface area contributed by atoms with Crippen LogP contribution in [0.25, 0.3) is 0 Å². The number of hydrogen-bond acceptors (Lipinski definition) is 9. The van der Waals surface area contributed by atoms with Crippen molar-refractivity contribution in [1.82, 2.24) is 10.2 Å². The number of nitrogens with one attached hydrogen (secondary N) is 1. The summed E-state index contributed by atoms with van der Waals surface area (Å²) in [6, 6.07) is 8.92. The van der Waals surface area contributed by atoms with Crippen LogP contribution in [-0.4, -0.2) is 85.5 Å². The molecule has 0 bridgehead atoms. The standard InChI is InChI=1S/C36H42N4O9S2.K/c1-35(2)26-22-24(50(44,45)46)13-15-28(26)38(5)30(35)10-9-11-31-36(3,4)27-23-25(51(47,48)49)14-16-29(27)39(31)20-8-6-7-12-32(41)37-19-21-40-33(42)17-18-34(40)43;/h9-11,13-18,22-23H,6-8,12,19-21H2,1-5H3,(H2-,37,41,44,45,46,47,48,49);/q;+1. The van der Waals surface area contributed by atoms with Crippen molar-refractivity contribution in [3.8, 4) is 0 Å². The van der Waals surface area contributed by atoms with Crippen LogP contribution in [-0.2, 0) is 45.4 Å². The van der Waals surface area contributed by atoms with Crippen LogP contribution in [0.4, 0.5) is 11.4 Å². The molecular weight excluding hydrogens is 736 g/mol. The molecule has 3 aliphatic rings. The summed E-state index contributed by atoms with van der Waals surface area (Å²) in [6.45, 7) is 8.70. The Morgan fingerprint density at radius 1 is 0.885 bits per heavy atom. The first-order valence-electron chi connectivity index (χ1n) is 16.5. The molecule has 2 aromatic carbocycles. The van der Waals surface area contributed by atoms with E-state index in [-0.39, 0.29) is 86.6 Å². The SMILES string of the molecule is C[N+]1=C(C=CC=C2N(CCCCCC(=O)NCCN3C(=O)C=CC3=O)c3ccc(S(=O)(=O)O)cc3C2(C)C)C(C)(C)c2cc(S(=O)(=O)[O-])ccc21.[K+]. The van der Waals surface area contributed by atoms with Crippen molar-refractivity contribution in [3.05, 3.63) is 83.6 Å². The normalized spacial score (nSPS) is 18.4. The molecule has 0 unspecified atom stereocenters. The number of unbranched alkanes of at least 4 members (excludes halogenated alkanes) is 2. The summed E-state index contributed by atoms with van der Waals surface area (Å²) in [4.78, 5) is 38.4. The largest absolute Gasteiger partial charge is 1.00 e. The number of anilines is 1. The number of benzene rings is 2. The molecule has 0 aromatic heterocycles. The van der Waals surface area contributed by atoms with E-state index in [1.165, 1.54) is 36.4 Å². The number of imide groups is 1. The molecule has 3 heterocycles. The van der Waals surface area contributed by atoms with Crippen molar-refractivity contribution in [2.75, 3.05) is 31.6 Å². The van der Waals surface area contributed by atoms with Crippen molar-refractivity contribution in [2.45, 2.75) is 74.0 Å². The average Bonchev–Trinajstić information content (AvgIpc) is 3.55. The minimum absolute atomic E-state index is 0. The molecule has 0 aliphatic carbocycles. The number of hydrogen-bond donors (Lipinski definition) is 2. The molecular formula is C36H42KN4O9S2+. The van der Waals surface area contributed by atoms with Crippen LogP contribution in [0.2, 0.25) is 0 Å². The summed E-state index contributed by atoms with van der Waals surface area (Å²) in [5.74, 6) is -0.968. The Morgan fingerprint density at radius 3 is 2.15 bits per heavy atom. The second-order valence-corrected chi connectivity index (χ2v) is 16.7. The zero-order valence-electron chi connectivity index (χ0n) is 30.2. The van der Waals surface area contributed by atoms with E-state index in [1.54, 1.807) is 12.1 Å². The Balaban J connectivity index is 0.00000605. The maximum Gasteiger partial charge on any atom is 1.00 e. The Kier molecular flexibility index (Phi) is 12.8. The summed E-state index contributed by atoms with van der Waals surface area (Å²) in [6.07, 6.45) is 10.5. The van der Waals surface area contributed by atoms with Gasteiger partial charge < -0.3 is 14.8 Å². The van der Waals surface area contributed by atoms with Gasteiger partial charge in [-0.1, -0.05) is 26.3 Å². The molecule has 3 aliphatic heterocycles. The fourth-order valence-electron chi connectivity index (χ4n) is 7.04. The first kappa shape index (κ1) is 41.9. The first-order valence-corrected chi connectivity index (χ1v) is 19.4. The molecule has 3 amide bonds. The number of rotatable bonds is 13. The van der Waals surface area contributed by atoms with Crippen LogP contribution in [0, 0.1) is 0 Å². The van der Waals surface area contributed by atoms with Crippen molar-refractivity contribution in [3.63, 3.8) is 0 Å². The molecule has 0 atom stereocenters. The maximum atomic E-state index is 12.4. The van der Waals surface area contributed by atoms with E-state index < -0.39 is 42.9 Å². The summed E-state index contributed by atoms with van der Waals surface area (Å²) < 4.78 is 71.0. The van der Waals surface area contributed by atoms with Crippen molar-refractivity contribution in [2.24, 2.45) is 0 Å². The van der Waals surface area contributed by atoms with Crippen LogP contribution in [0.5, 0.6) is 0 Å². The van der Waals surface area contributed by atoms with Gasteiger partial charge in [0.1, 0.15) is 17.2 Å².